The summed E-state index contributed by atoms with van der Waals surface area (Å²) >= 11 is 0. The van der Waals surface area contributed by atoms with Crippen molar-refractivity contribution in [3.05, 3.63) is 207 Å². The summed E-state index contributed by atoms with van der Waals surface area (Å²) in [6.07, 6.45) is 7.63. The van der Waals surface area contributed by atoms with Gasteiger partial charge in [-0.05, 0) is 158 Å². The Hall–Kier alpha value is -7.42. The van der Waals surface area contributed by atoms with Crippen molar-refractivity contribution in [1.82, 2.24) is 9.97 Å². The highest BCUT2D eigenvalue weighted by molar-refractivity contribution is 6.29. The van der Waals surface area contributed by atoms with Gasteiger partial charge in [0, 0.05) is 24.8 Å². The van der Waals surface area contributed by atoms with E-state index >= 15 is 0 Å². The zero-order valence-electron chi connectivity index (χ0n) is 30.5. The van der Waals surface area contributed by atoms with Crippen LogP contribution in [0.25, 0.3) is 109 Å². The van der Waals surface area contributed by atoms with Gasteiger partial charge in [0.25, 0.3) is 0 Å². The minimum atomic E-state index is 1.14. The molecule has 2 heteroatoms. The number of fused-ring (bicyclic) bond motifs is 6. The lowest BCUT2D eigenvalue weighted by Crippen LogP contribution is -1.95. The summed E-state index contributed by atoms with van der Waals surface area (Å²) in [6, 6.07) is 66.7. The molecule has 2 heterocycles. The number of rotatable bonds is 5. The van der Waals surface area contributed by atoms with Crippen LogP contribution in [0.3, 0.4) is 0 Å². The summed E-state index contributed by atoms with van der Waals surface area (Å²) in [7, 11) is 0. The average molecular weight is 711 g/mol. The van der Waals surface area contributed by atoms with Crippen LogP contribution in [0, 0.1) is 0 Å². The maximum atomic E-state index is 4.46. The fourth-order valence-corrected chi connectivity index (χ4v) is 8.93. The monoisotopic (exact) mass is 710 g/mol. The summed E-state index contributed by atoms with van der Waals surface area (Å²) in [5.41, 5.74) is 11.9. The highest BCUT2D eigenvalue weighted by Crippen LogP contribution is 2.50. The first-order valence-electron chi connectivity index (χ1n) is 19.1. The predicted molar refractivity (Wildman–Crippen MR) is 237 cm³/mol. The van der Waals surface area contributed by atoms with Gasteiger partial charge in [0.15, 0.2) is 0 Å². The van der Waals surface area contributed by atoms with Gasteiger partial charge in [-0.25, -0.2) is 0 Å². The molecule has 11 rings (SSSR count). The van der Waals surface area contributed by atoms with Crippen molar-refractivity contribution in [3.8, 4) is 55.6 Å². The van der Waals surface area contributed by atoms with Crippen LogP contribution < -0.4 is 0 Å². The van der Waals surface area contributed by atoms with Gasteiger partial charge in [-0.2, -0.15) is 0 Å². The molecule has 2 aromatic heterocycles. The Bertz CT molecular complexity index is 3270. The molecule has 0 saturated carbocycles. The van der Waals surface area contributed by atoms with E-state index in [-0.39, 0.29) is 0 Å². The molecule has 0 saturated heterocycles. The van der Waals surface area contributed by atoms with Crippen LogP contribution in [0.4, 0.5) is 0 Å². The lowest BCUT2D eigenvalue weighted by molar-refractivity contribution is 1.33. The van der Waals surface area contributed by atoms with E-state index < -0.39 is 0 Å². The van der Waals surface area contributed by atoms with Gasteiger partial charge in [-0.15, -0.1) is 0 Å². The molecule has 11 aromatic rings. The number of pyridine rings is 2. The Morgan fingerprint density at radius 2 is 0.679 bits per heavy atom. The van der Waals surface area contributed by atoms with Crippen molar-refractivity contribution in [2.45, 2.75) is 0 Å². The molecule has 0 atom stereocenters. The molecule has 56 heavy (non-hydrogen) atoms. The average Bonchev–Trinajstić information content (AvgIpc) is 3.28. The second-order valence-electron chi connectivity index (χ2n) is 14.5. The van der Waals surface area contributed by atoms with Crippen LogP contribution in [0.5, 0.6) is 0 Å². The lowest BCUT2D eigenvalue weighted by atomic mass is 9.80. The Kier molecular flexibility index (Phi) is 7.53. The second kappa shape index (κ2) is 13.2. The van der Waals surface area contributed by atoms with Gasteiger partial charge in [0.2, 0.25) is 0 Å². The normalized spacial score (nSPS) is 11.6. The summed E-state index contributed by atoms with van der Waals surface area (Å²) < 4.78 is 0. The quantitative estimate of drug-likeness (QED) is 0.131. The van der Waals surface area contributed by atoms with Gasteiger partial charge >= 0.3 is 0 Å². The maximum absolute atomic E-state index is 4.46. The van der Waals surface area contributed by atoms with E-state index in [2.05, 4.69) is 192 Å². The van der Waals surface area contributed by atoms with Gasteiger partial charge in [-0.1, -0.05) is 133 Å². The van der Waals surface area contributed by atoms with Crippen LogP contribution in [-0.4, -0.2) is 9.97 Å². The topological polar surface area (TPSA) is 25.8 Å². The van der Waals surface area contributed by atoms with Gasteiger partial charge in [-0.3, -0.25) is 9.97 Å². The first kappa shape index (κ1) is 32.0. The Morgan fingerprint density at radius 3 is 1.38 bits per heavy atom. The first-order valence-corrected chi connectivity index (χ1v) is 19.1. The van der Waals surface area contributed by atoms with Crippen LogP contribution >= 0.6 is 0 Å². The summed E-state index contributed by atoms with van der Waals surface area (Å²) in [4.78, 5) is 8.90. The van der Waals surface area contributed by atoms with Crippen molar-refractivity contribution in [1.29, 1.82) is 0 Å². The summed E-state index contributed by atoms with van der Waals surface area (Å²) in [5.74, 6) is 0. The number of hydrogen-bond donors (Lipinski definition) is 0. The molecule has 0 spiro atoms. The third kappa shape index (κ3) is 5.19. The molecule has 0 amide bonds. The number of nitrogens with zero attached hydrogens (tertiary/aromatic N) is 2. The third-order valence-corrected chi connectivity index (χ3v) is 11.4. The Morgan fingerprint density at radius 1 is 0.214 bits per heavy atom. The van der Waals surface area contributed by atoms with Gasteiger partial charge < -0.3 is 0 Å². The van der Waals surface area contributed by atoms with Crippen molar-refractivity contribution in [2.24, 2.45) is 0 Å². The van der Waals surface area contributed by atoms with E-state index in [1.165, 1.54) is 98.4 Å². The van der Waals surface area contributed by atoms with Crippen molar-refractivity contribution in [3.63, 3.8) is 0 Å². The molecule has 0 unspecified atom stereocenters. The largest absolute Gasteiger partial charge is 0.265 e. The molecule has 0 radical (unpaired) electrons. The predicted octanol–water partition coefficient (Wildman–Crippen LogP) is 14.6. The van der Waals surface area contributed by atoms with Crippen LogP contribution in [-0.2, 0) is 0 Å². The fourth-order valence-electron chi connectivity index (χ4n) is 8.93. The second-order valence-corrected chi connectivity index (χ2v) is 14.5. The molecule has 0 bridgehead atoms. The number of hydrogen-bond acceptors (Lipinski definition) is 2. The molecule has 9 aromatic carbocycles. The van der Waals surface area contributed by atoms with Crippen molar-refractivity contribution in [2.75, 3.05) is 0 Å². The minimum absolute atomic E-state index is 1.14. The third-order valence-electron chi connectivity index (χ3n) is 11.4. The Labute approximate surface area is 325 Å². The molecule has 0 aliphatic rings. The van der Waals surface area contributed by atoms with E-state index in [1.54, 1.807) is 0 Å². The van der Waals surface area contributed by atoms with E-state index in [0.717, 1.165) is 11.1 Å². The SMILES string of the molecule is c1ccc(-c2ccc3c(-c4ccncc4)c4cc5c(cc4c(-c4ccncc4)c3c2)c(-c2ccccc2)c(-c2ccc3ccccc3c2)c2ccccc25)cc1. The summed E-state index contributed by atoms with van der Waals surface area (Å²) in [5, 5.41) is 12.2. The van der Waals surface area contributed by atoms with E-state index in [9.17, 15) is 0 Å². The minimum Gasteiger partial charge on any atom is -0.265 e. The van der Waals surface area contributed by atoms with Crippen molar-refractivity contribution < 1.29 is 0 Å². The zero-order chi connectivity index (χ0) is 37.0. The molecular formula is C54H34N2. The highest BCUT2D eigenvalue weighted by Gasteiger charge is 2.23. The molecule has 2 nitrogen and oxygen atoms in total. The lowest BCUT2D eigenvalue weighted by Gasteiger charge is -2.22. The fraction of sp³-hybridized carbons (Fsp3) is 0. The maximum Gasteiger partial charge on any atom is 0.0273 e. The molecule has 0 aliphatic heterocycles. The highest BCUT2D eigenvalue weighted by atomic mass is 14.6. The van der Waals surface area contributed by atoms with Gasteiger partial charge in [0.1, 0.15) is 0 Å². The van der Waals surface area contributed by atoms with Crippen molar-refractivity contribution >= 4 is 53.9 Å². The molecular weight excluding hydrogens is 677 g/mol. The zero-order valence-corrected chi connectivity index (χ0v) is 30.5. The number of aromatic nitrogens is 2. The van der Waals surface area contributed by atoms with Crippen LogP contribution in [0.2, 0.25) is 0 Å². The van der Waals surface area contributed by atoms with E-state index in [4.69, 9.17) is 0 Å². The van der Waals surface area contributed by atoms with E-state index in [1.807, 2.05) is 24.8 Å². The standard InChI is InChI=1S/C54H34N2/c1-3-11-35(12-4-1)41-21-22-45-47(32-41)52(39-25-29-56-30-26-39)50-34-48-46(33-49(50)51(45)38-23-27-55-28-24-38)43-17-9-10-18-44(43)54(53(48)37-14-5-2-6-15-37)42-20-19-36-13-7-8-16-40(36)31-42/h1-34H. The first-order chi connectivity index (χ1) is 27.8. The molecule has 0 N–H and O–H groups in total. The summed E-state index contributed by atoms with van der Waals surface area (Å²) in [6.45, 7) is 0. The number of benzene rings is 9. The Balaban J connectivity index is 1.37. The molecule has 0 aliphatic carbocycles. The molecule has 260 valence electrons. The molecule has 0 fully saturated rings. The smallest absolute Gasteiger partial charge is 0.0273 e. The van der Waals surface area contributed by atoms with Gasteiger partial charge in [0.05, 0.1) is 0 Å². The van der Waals surface area contributed by atoms with Crippen LogP contribution in [0.15, 0.2) is 207 Å². The van der Waals surface area contributed by atoms with E-state index in [0.29, 0.717) is 0 Å². The van der Waals surface area contributed by atoms with Crippen LogP contribution in [0.1, 0.15) is 0 Å².